The summed E-state index contributed by atoms with van der Waals surface area (Å²) in [4.78, 5) is 39.1. The highest BCUT2D eigenvalue weighted by Gasteiger charge is 2.42. The van der Waals surface area contributed by atoms with Crippen molar-refractivity contribution in [3.05, 3.63) is 130 Å². The summed E-state index contributed by atoms with van der Waals surface area (Å²) in [7, 11) is 0. The number of hydrogen-bond acceptors (Lipinski definition) is 4. The summed E-state index contributed by atoms with van der Waals surface area (Å²) >= 11 is 7.02. The molecule has 4 aromatic carbocycles. The molecule has 0 fully saturated rings. The van der Waals surface area contributed by atoms with E-state index in [2.05, 4.69) is 10.6 Å². The molecule has 0 spiro atoms. The first-order valence-corrected chi connectivity index (χ1v) is 14.6. The van der Waals surface area contributed by atoms with Gasteiger partial charge >= 0.3 is 6.18 Å². The van der Waals surface area contributed by atoms with Crippen LogP contribution in [0.1, 0.15) is 28.4 Å². The van der Waals surface area contributed by atoms with E-state index in [-0.39, 0.29) is 16.9 Å². The number of carbonyl (C=O) groups excluding carboxylic acids is 3. The van der Waals surface area contributed by atoms with Crippen LogP contribution in [-0.4, -0.2) is 23.0 Å². The van der Waals surface area contributed by atoms with Crippen LogP contribution in [-0.2, 0) is 15.8 Å². The molecular weight excluding hydrogens is 675 g/mol. The lowest BCUT2D eigenvalue weighted by molar-refractivity contribution is -0.143. The van der Waals surface area contributed by atoms with Crippen molar-refractivity contribution in [3.8, 4) is 0 Å². The fourth-order valence-corrected chi connectivity index (χ4v) is 5.13. The highest BCUT2D eigenvalue weighted by atomic mass is 35.5. The largest absolute Gasteiger partial charge is 0.422 e. The smallest absolute Gasteiger partial charge is 0.321 e. The van der Waals surface area contributed by atoms with Gasteiger partial charge in [0, 0.05) is 21.2 Å². The molecule has 0 heterocycles. The molecule has 1 atom stereocenters. The maximum absolute atomic E-state index is 14.3. The minimum absolute atomic E-state index is 0.169. The monoisotopic (exact) mass is 695 g/mol. The van der Waals surface area contributed by atoms with E-state index in [1.165, 1.54) is 37.3 Å². The Kier molecular flexibility index (Phi) is 11.0. The third kappa shape index (κ3) is 8.51. The van der Waals surface area contributed by atoms with E-state index in [1.807, 2.05) is 0 Å². The standard InChI is InChI=1S/C32H21ClF7N3O3S/c1-16(29(44)43-28-26(36)24(34)23(32(38,39)40)25(35)27(28)37)47-20-12-7-11-19(15-20)41-31(46)22(14-18-10-5-6-13-21(18)33)42-30(45)17-8-3-2-4-9-17/h2-16H,1H3,(H,41,46)(H,42,45)(H,43,44)/b22-14+. The predicted octanol–water partition coefficient (Wildman–Crippen LogP) is 8.44. The molecule has 0 aliphatic heterocycles. The molecule has 0 aliphatic rings. The summed E-state index contributed by atoms with van der Waals surface area (Å²) in [6.07, 6.45) is -4.37. The van der Waals surface area contributed by atoms with Crippen LogP contribution < -0.4 is 16.0 Å². The molecule has 0 bridgehead atoms. The van der Waals surface area contributed by atoms with Crippen molar-refractivity contribution in [2.24, 2.45) is 0 Å². The number of anilines is 2. The van der Waals surface area contributed by atoms with E-state index in [0.29, 0.717) is 15.5 Å². The second-order valence-electron chi connectivity index (χ2n) is 9.63. The van der Waals surface area contributed by atoms with Crippen molar-refractivity contribution in [1.29, 1.82) is 0 Å². The minimum Gasteiger partial charge on any atom is -0.321 e. The molecule has 3 N–H and O–H groups in total. The predicted molar refractivity (Wildman–Crippen MR) is 164 cm³/mol. The third-order valence-electron chi connectivity index (χ3n) is 6.30. The molecule has 1 unspecified atom stereocenters. The number of benzene rings is 4. The van der Waals surface area contributed by atoms with Crippen LogP contribution >= 0.6 is 23.4 Å². The van der Waals surface area contributed by atoms with E-state index in [4.69, 9.17) is 11.6 Å². The molecule has 15 heteroatoms. The molecule has 4 aromatic rings. The van der Waals surface area contributed by atoms with Gasteiger partial charge in [-0.3, -0.25) is 14.4 Å². The zero-order valence-electron chi connectivity index (χ0n) is 23.8. The molecular formula is C32H21ClF7N3O3S. The quantitative estimate of drug-likeness (QED) is 0.0710. The van der Waals surface area contributed by atoms with Crippen LogP contribution in [0.5, 0.6) is 0 Å². The topological polar surface area (TPSA) is 87.3 Å². The maximum Gasteiger partial charge on any atom is 0.422 e. The van der Waals surface area contributed by atoms with Crippen molar-refractivity contribution in [2.45, 2.75) is 23.2 Å². The molecule has 3 amide bonds. The lowest BCUT2D eigenvalue weighted by atomic mass is 10.1. The lowest BCUT2D eigenvalue weighted by Crippen LogP contribution is -2.30. The first kappa shape index (κ1) is 35.0. The summed E-state index contributed by atoms with van der Waals surface area (Å²) in [5, 5.41) is 5.86. The van der Waals surface area contributed by atoms with Gasteiger partial charge in [-0.2, -0.15) is 13.2 Å². The molecule has 6 nitrogen and oxygen atoms in total. The number of rotatable bonds is 9. The van der Waals surface area contributed by atoms with Crippen molar-refractivity contribution in [1.82, 2.24) is 5.32 Å². The fraction of sp³-hybridized carbons (Fsp3) is 0.0938. The minimum atomic E-state index is -5.74. The number of carbonyl (C=O) groups is 3. The normalized spacial score (nSPS) is 12.3. The van der Waals surface area contributed by atoms with Crippen LogP contribution in [0.2, 0.25) is 5.02 Å². The number of amides is 3. The Balaban J connectivity index is 1.51. The Hall–Kier alpha value is -4.82. The first-order chi connectivity index (χ1) is 22.2. The summed E-state index contributed by atoms with van der Waals surface area (Å²) in [5.41, 5.74) is -3.76. The van der Waals surface area contributed by atoms with Gasteiger partial charge in [0.2, 0.25) is 5.91 Å². The number of nitrogens with one attached hydrogen (secondary N) is 3. The molecule has 0 aliphatic carbocycles. The van der Waals surface area contributed by atoms with Crippen LogP contribution in [0, 0.1) is 23.3 Å². The number of halogens is 8. The van der Waals surface area contributed by atoms with Crippen molar-refractivity contribution in [2.75, 3.05) is 10.6 Å². The van der Waals surface area contributed by atoms with Gasteiger partial charge in [0.1, 0.15) is 16.9 Å². The molecule has 0 saturated carbocycles. The Morgan fingerprint density at radius 1 is 0.809 bits per heavy atom. The van der Waals surface area contributed by atoms with Gasteiger partial charge < -0.3 is 16.0 Å². The SMILES string of the molecule is CC(Sc1cccc(NC(=O)/C(=C\c2ccccc2Cl)NC(=O)c2ccccc2)c1)C(=O)Nc1c(F)c(F)c(C(F)(F)F)c(F)c1F. The molecule has 244 valence electrons. The zero-order chi connectivity index (χ0) is 34.5. The second-order valence-corrected chi connectivity index (χ2v) is 11.5. The highest BCUT2D eigenvalue weighted by molar-refractivity contribution is 8.00. The van der Waals surface area contributed by atoms with Crippen LogP contribution in [0.15, 0.2) is 89.5 Å². The summed E-state index contributed by atoms with van der Waals surface area (Å²) in [5.74, 6) is -12.8. The van der Waals surface area contributed by atoms with Crippen LogP contribution in [0.3, 0.4) is 0 Å². The van der Waals surface area contributed by atoms with Crippen molar-refractivity contribution >= 4 is 58.5 Å². The van der Waals surface area contributed by atoms with E-state index in [1.54, 1.807) is 59.9 Å². The van der Waals surface area contributed by atoms with Gasteiger partial charge in [-0.15, -0.1) is 11.8 Å². The van der Waals surface area contributed by atoms with Gasteiger partial charge in [0.05, 0.1) is 5.25 Å². The van der Waals surface area contributed by atoms with Gasteiger partial charge in [-0.05, 0) is 55.0 Å². The van der Waals surface area contributed by atoms with Crippen molar-refractivity contribution in [3.63, 3.8) is 0 Å². The van der Waals surface area contributed by atoms with E-state index >= 15 is 0 Å². The average molecular weight is 696 g/mol. The summed E-state index contributed by atoms with van der Waals surface area (Å²) < 4.78 is 95.1. The second kappa shape index (κ2) is 14.7. The van der Waals surface area contributed by atoms with Gasteiger partial charge in [-0.25, -0.2) is 17.6 Å². The van der Waals surface area contributed by atoms with Gasteiger partial charge in [0.15, 0.2) is 23.3 Å². The number of alkyl halides is 3. The van der Waals surface area contributed by atoms with Crippen LogP contribution in [0.25, 0.3) is 6.08 Å². The van der Waals surface area contributed by atoms with E-state index in [9.17, 15) is 45.1 Å². The Bertz CT molecular complexity index is 1840. The Morgan fingerprint density at radius 2 is 1.43 bits per heavy atom. The Morgan fingerprint density at radius 3 is 2.04 bits per heavy atom. The molecule has 4 rings (SSSR count). The number of hydrogen-bond donors (Lipinski definition) is 3. The first-order valence-electron chi connectivity index (χ1n) is 13.3. The summed E-state index contributed by atoms with van der Waals surface area (Å²) in [6, 6.07) is 20.6. The lowest BCUT2D eigenvalue weighted by Gasteiger charge is -2.17. The van der Waals surface area contributed by atoms with Crippen molar-refractivity contribution < 1.29 is 45.1 Å². The fourth-order valence-electron chi connectivity index (χ4n) is 4.01. The zero-order valence-corrected chi connectivity index (χ0v) is 25.4. The molecule has 47 heavy (non-hydrogen) atoms. The molecule has 0 radical (unpaired) electrons. The van der Waals surface area contributed by atoms with Gasteiger partial charge in [-0.1, -0.05) is 54.1 Å². The molecule has 0 aromatic heterocycles. The Labute approximate surface area is 272 Å². The van der Waals surface area contributed by atoms with E-state index in [0.717, 1.165) is 11.8 Å². The molecule has 0 saturated heterocycles. The number of thioether (sulfide) groups is 1. The van der Waals surface area contributed by atoms with Crippen LogP contribution in [0.4, 0.5) is 42.1 Å². The van der Waals surface area contributed by atoms with Gasteiger partial charge in [0.25, 0.3) is 11.8 Å². The highest BCUT2D eigenvalue weighted by Crippen LogP contribution is 2.39. The summed E-state index contributed by atoms with van der Waals surface area (Å²) in [6.45, 7) is 1.25. The third-order valence-corrected chi connectivity index (χ3v) is 7.74. The van der Waals surface area contributed by atoms with E-state index < -0.39 is 63.7 Å². The maximum atomic E-state index is 14.3. The average Bonchev–Trinajstić information content (AvgIpc) is 3.02.